The molecule has 0 bridgehead atoms. The molecule has 0 saturated carbocycles. The summed E-state index contributed by atoms with van der Waals surface area (Å²) >= 11 is 0. The Kier molecular flexibility index (Phi) is 10.4. The molecular weight excluding hydrogens is 378 g/mol. The van der Waals surface area contributed by atoms with E-state index in [9.17, 15) is 4.79 Å². The second-order valence-corrected chi connectivity index (χ2v) is 7.21. The van der Waals surface area contributed by atoms with Crippen LogP contribution in [0.4, 0.5) is 5.82 Å². The van der Waals surface area contributed by atoms with Crippen LogP contribution in [-0.4, -0.2) is 43.1 Å². The Hall–Kier alpha value is -2.93. The second kappa shape index (κ2) is 13.3. The lowest BCUT2D eigenvalue weighted by atomic mass is 10.2. The summed E-state index contributed by atoms with van der Waals surface area (Å²) < 4.78 is 5.78. The number of hydrogen-bond acceptors (Lipinski definition) is 4. The van der Waals surface area contributed by atoms with Gasteiger partial charge in [0, 0.05) is 31.7 Å². The number of pyridine rings is 1. The lowest BCUT2D eigenvalue weighted by Gasteiger charge is -2.14. The van der Waals surface area contributed by atoms with Crippen molar-refractivity contribution in [3.63, 3.8) is 0 Å². The van der Waals surface area contributed by atoms with Gasteiger partial charge in [0.15, 0.2) is 5.96 Å². The van der Waals surface area contributed by atoms with E-state index in [1.807, 2.05) is 44.2 Å². The summed E-state index contributed by atoms with van der Waals surface area (Å²) in [4.78, 5) is 21.0. The highest BCUT2D eigenvalue weighted by molar-refractivity contribution is 5.90. The van der Waals surface area contributed by atoms with Gasteiger partial charge in [-0.15, -0.1) is 0 Å². The van der Waals surface area contributed by atoms with Crippen LogP contribution < -0.4 is 16.0 Å². The smallest absolute Gasteiger partial charge is 0.227 e. The van der Waals surface area contributed by atoms with E-state index in [1.54, 1.807) is 6.07 Å². The molecule has 0 saturated heterocycles. The van der Waals surface area contributed by atoms with Crippen LogP contribution >= 0.6 is 0 Å². The van der Waals surface area contributed by atoms with Crippen molar-refractivity contribution in [1.82, 2.24) is 15.6 Å². The van der Waals surface area contributed by atoms with E-state index in [2.05, 4.69) is 45.0 Å². The van der Waals surface area contributed by atoms with Crippen LogP contribution in [0.1, 0.15) is 31.5 Å². The zero-order valence-corrected chi connectivity index (χ0v) is 18.1. The van der Waals surface area contributed by atoms with Crippen LogP contribution in [0.5, 0.6) is 0 Å². The fourth-order valence-electron chi connectivity index (χ4n) is 2.71. The van der Waals surface area contributed by atoms with Crippen LogP contribution in [0, 0.1) is 12.8 Å². The summed E-state index contributed by atoms with van der Waals surface area (Å²) in [5.41, 5.74) is 2.04. The monoisotopic (exact) mass is 411 g/mol. The van der Waals surface area contributed by atoms with Gasteiger partial charge in [-0.2, -0.15) is 0 Å². The van der Waals surface area contributed by atoms with E-state index in [4.69, 9.17) is 4.74 Å². The number of nitrogens with zero attached hydrogens (tertiary/aromatic N) is 2. The first-order valence-electron chi connectivity index (χ1n) is 10.4. The fourth-order valence-corrected chi connectivity index (χ4v) is 2.71. The van der Waals surface area contributed by atoms with Gasteiger partial charge >= 0.3 is 0 Å². The number of benzene rings is 1. The lowest BCUT2D eigenvalue weighted by Crippen LogP contribution is -2.39. The second-order valence-electron chi connectivity index (χ2n) is 7.21. The highest BCUT2D eigenvalue weighted by Gasteiger charge is 2.06. The maximum Gasteiger partial charge on any atom is 0.227 e. The van der Waals surface area contributed by atoms with Crippen molar-refractivity contribution in [2.75, 3.05) is 31.6 Å². The summed E-state index contributed by atoms with van der Waals surface area (Å²) in [6.07, 6.45) is 0.329. The average Bonchev–Trinajstić information content (AvgIpc) is 2.73. The fraction of sp³-hybridized carbons (Fsp3) is 0.435. The highest BCUT2D eigenvalue weighted by atomic mass is 16.5. The number of rotatable bonds is 11. The molecule has 1 aromatic carbocycles. The Morgan fingerprint density at radius 3 is 2.67 bits per heavy atom. The van der Waals surface area contributed by atoms with Crippen molar-refractivity contribution >= 4 is 17.7 Å². The molecule has 162 valence electrons. The molecule has 2 aromatic rings. The zero-order chi connectivity index (χ0) is 21.6. The predicted molar refractivity (Wildman–Crippen MR) is 121 cm³/mol. The summed E-state index contributed by atoms with van der Waals surface area (Å²) in [5, 5.41) is 9.22. The van der Waals surface area contributed by atoms with Crippen molar-refractivity contribution in [1.29, 1.82) is 0 Å². The van der Waals surface area contributed by atoms with Crippen LogP contribution in [0.15, 0.2) is 53.5 Å². The summed E-state index contributed by atoms with van der Waals surface area (Å²) in [7, 11) is 0. The number of ether oxygens (including phenoxy) is 1. The maximum atomic E-state index is 12.1. The number of guanidine groups is 1. The van der Waals surface area contributed by atoms with Gasteiger partial charge in [-0.25, -0.2) is 4.98 Å². The third-order valence-electron chi connectivity index (χ3n) is 4.22. The van der Waals surface area contributed by atoms with Crippen LogP contribution in [-0.2, 0) is 16.1 Å². The quantitative estimate of drug-likeness (QED) is 0.391. The lowest BCUT2D eigenvalue weighted by molar-refractivity contribution is -0.116. The number of amides is 1. The first-order valence-corrected chi connectivity index (χ1v) is 10.4. The topological polar surface area (TPSA) is 87.6 Å². The van der Waals surface area contributed by atoms with E-state index in [1.165, 1.54) is 5.56 Å². The van der Waals surface area contributed by atoms with Gasteiger partial charge in [-0.05, 0) is 37.5 Å². The number of nitrogens with one attached hydrogen (secondary N) is 3. The molecule has 0 aliphatic carbocycles. The van der Waals surface area contributed by atoms with E-state index < -0.39 is 0 Å². The molecule has 0 fully saturated rings. The largest absolute Gasteiger partial charge is 0.376 e. The molecular formula is C23H33N5O2. The minimum atomic E-state index is -0.0841. The van der Waals surface area contributed by atoms with Gasteiger partial charge in [-0.1, -0.05) is 43.3 Å². The molecule has 0 spiro atoms. The predicted octanol–water partition coefficient (Wildman–Crippen LogP) is 3.13. The standard InChI is InChI=1S/C23H33N5O2/c1-4-24-23(25-14-13-22(29)28-21-12-8-9-19(3)27-21)26-15-18(2)16-30-17-20-10-6-5-7-11-20/h5-12,18H,4,13-17H2,1-3H3,(H2,24,25,26)(H,27,28,29). The number of carbonyl (C=O) groups excluding carboxylic acids is 1. The third-order valence-corrected chi connectivity index (χ3v) is 4.22. The van der Waals surface area contributed by atoms with Crippen molar-refractivity contribution in [3.8, 4) is 0 Å². The van der Waals surface area contributed by atoms with Gasteiger partial charge in [-0.3, -0.25) is 9.79 Å². The third kappa shape index (κ3) is 9.52. The van der Waals surface area contributed by atoms with Crippen molar-refractivity contribution < 1.29 is 9.53 Å². The number of aliphatic imine (C=N–C) groups is 1. The van der Waals surface area contributed by atoms with Crippen molar-refractivity contribution in [2.24, 2.45) is 10.9 Å². The molecule has 1 amide bonds. The van der Waals surface area contributed by atoms with Crippen LogP contribution in [0.3, 0.4) is 0 Å². The maximum absolute atomic E-state index is 12.1. The van der Waals surface area contributed by atoms with E-state index in [0.29, 0.717) is 50.4 Å². The number of aryl methyl sites for hydroxylation is 1. The average molecular weight is 412 g/mol. The van der Waals surface area contributed by atoms with Crippen LogP contribution in [0.25, 0.3) is 0 Å². The zero-order valence-electron chi connectivity index (χ0n) is 18.1. The molecule has 30 heavy (non-hydrogen) atoms. The van der Waals surface area contributed by atoms with Gasteiger partial charge in [0.1, 0.15) is 5.82 Å². The number of hydrogen-bond donors (Lipinski definition) is 3. The van der Waals surface area contributed by atoms with Gasteiger partial charge in [0.25, 0.3) is 0 Å². The highest BCUT2D eigenvalue weighted by Crippen LogP contribution is 2.05. The minimum absolute atomic E-state index is 0.0841. The Balaban J connectivity index is 1.69. The molecule has 1 atom stereocenters. The summed E-state index contributed by atoms with van der Waals surface area (Å²) in [6.45, 7) is 9.15. The molecule has 0 aliphatic heterocycles. The molecule has 7 heteroatoms. The molecule has 3 N–H and O–H groups in total. The SMILES string of the molecule is CCNC(=NCC(C)COCc1ccccc1)NCCC(=O)Nc1cccc(C)n1. The Morgan fingerprint density at radius 1 is 1.13 bits per heavy atom. The molecule has 2 rings (SSSR count). The summed E-state index contributed by atoms with van der Waals surface area (Å²) in [5.74, 6) is 1.48. The van der Waals surface area contributed by atoms with E-state index >= 15 is 0 Å². The first kappa shape index (κ1) is 23.3. The van der Waals surface area contributed by atoms with Gasteiger partial charge in [0.2, 0.25) is 5.91 Å². The Morgan fingerprint density at radius 2 is 1.93 bits per heavy atom. The van der Waals surface area contributed by atoms with Crippen molar-refractivity contribution in [2.45, 2.75) is 33.8 Å². The van der Waals surface area contributed by atoms with E-state index in [-0.39, 0.29) is 5.91 Å². The van der Waals surface area contributed by atoms with Crippen molar-refractivity contribution in [3.05, 3.63) is 59.8 Å². The molecule has 1 aromatic heterocycles. The van der Waals surface area contributed by atoms with E-state index in [0.717, 1.165) is 12.2 Å². The minimum Gasteiger partial charge on any atom is -0.376 e. The van der Waals surface area contributed by atoms with Gasteiger partial charge < -0.3 is 20.7 Å². The molecule has 1 unspecified atom stereocenters. The molecule has 1 heterocycles. The molecule has 0 aliphatic rings. The van der Waals surface area contributed by atoms with Gasteiger partial charge in [0.05, 0.1) is 13.2 Å². The number of aromatic nitrogens is 1. The number of carbonyl (C=O) groups is 1. The first-order chi connectivity index (χ1) is 14.6. The summed E-state index contributed by atoms with van der Waals surface area (Å²) in [6, 6.07) is 15.7. The Labute approximate surface area is 179 Å². The number of anilines is 1. The molecule has 0 radical (unpaired) electrons. The molecule has 7 nitrogen and oxygen atoms in total. The normalized spacial score (nSPS) is 12.3. The van der Waals surface area contributed by atoms with Crippen LogP contribution in [0.2, 0.25) is 0 Å². The Bertz CT molecular complexity index is 795.